The average Bonchev–Trinajstić information content (AvgIpc) is 2.64. The minimum Gasteiger partial charge on any atom is -0.393 e. The Morgan fingerprint density at radius 1 is 0.607 bits per heavy atom. The molecule has 0 aromatic carbocycles. The number of aliphatic hydroxyl groups excluding tert-OH is 1. The van der Waals surface area contributed by atoms with Gasteiger partial charge in [0.2, 0.25) is 0 Å². The van der Waals surface area contributed by atoms with Gasteiger partial charge in [-0.2, -0.15) is 8.42 Å². The van der Waals surface area contributed by atoms with Gasteiger partial charge in [-0.15, -0.1) is 0 Å². The van der Waals surface area contributed by atoms with Gasteiger partial charge in [0.05, 0.1) is 11.4 Å². The third-order valence-electron chi connectivity index (χ3n) is 5.80. The topological polar surface area (TPSA) is 74.6 Å². The maximum atomic E-state index is 10.9. The first-order valence-corrected chi connectivity index (χ1v) is 13.5. The summed E-state index contributed by atoms with van der Waals surface area (Å²) in [5.74, 6) is 0. The Labute approximate surface area is 175 Å². The fraction of sp³-hybridized carbons (Fsp3) is 1.00. The van der Waals surface area contributed by atoms with Gasteiger partial charge < -0.3 is 5.11 Å². The van der Waals surface area contributed by atoms with Crippen molar-refractivity contribution in [1.29, 1.82) is 0 Å². The molecule has 0 saturated carbocycles. The van der Waals surface area contributed by atoms with E-state index in [0.29, 0.717) is 6.42 Å². The monoisotopic (exact) mass is 420 g/mol. The molecule has 0 rings (SSSR count). The average molecular weight is 421 g/mol. The van der Waals surface area contributed by atoms with Gasteiger partial charge in [-0.25, -0.2) is 0 Å². The summed E-state index contributed by atoms with van der Waals surface area (Å²) in [5, 5.41) is 9.39. The van der Waals surface area contributed by atoms with Crippen LogP contribution in [0.15, 0.2) is 0 Å². The van der Waals surface area contributed by atoms with Crippen molar-refractivity contribution in [2.24, 2.45) is 0 Å². The summed E-state index contributed by atoms with van der Waals surface area (Å²) in [6.07, 6.45) is 22.0. The van der Waals surface area contributed by atoms with E-state index in [0.717, 1.165) is 44.9 Å². The second kappa shape index (κ2) is 18.9. The second-order valence-corrected chi connectivity index (χ2v) is 10.5. The van der Waals surface area contributed by atoms with E-state index in [-0.39, 0.29) is 6.10 Å². The zero-order valence-corrected chi connectivity index (χ0v) is 19.5. The van der Waals surface area contributed by atoms with Gasteiger partial charge in [0.25, 0.3) is 10.1 Å². The standard InChI is InChI=1S/C23H48O4S/c1-3-4-5-6-7-8-9-10-11-12-13-17-20-23(24)21-18-15-14-16-19-22(2)28(25,26)27/h22-24H,3-21H2,1-2H3,(H,25,26,27). The van der Waals surface area contributed by atoms with Gasteiger partial charge in [-0.05, 0) is 26.2 Å². The van der Waals surface area contributed by atoms with E-state index < -0.39 is 15.4 Å². The number of hydrogen-bond donors (Lipinski definition) is 2. The summed E-state index contributed by atoms with van der Waals surface area (Å²) in [7, 11) is -3.88. The first-order chi connectivity index (χ1) is 13.4. The Morgan fingerprint density at radius 2 is 0.929 bits per heavy atom. The van der Waals surface area contributed by atoms with Crippen LogP contribution in [0.2, 0.25) is 0 Å². The molecule has 0 spiro atoms. The number of rotatable bonds is 21. The highest BCUT2D eigenvalue weighted by Crippen LogP contribution is 2.16. The predicted octanol–water partition coefficient (Wildman–Crippen LogP) is 7.06. The highest BCUT2D eigenvalue weighted by atomic mass is 32.2. The third-order valence-corrected chi connectivity index (χ3v) is 7.05. The highest BCUT2D eigenvalue weighted by molar-refractivity contribution is 7.86. The normalized spacial score (nSPS) is 14.3. The molecule has 5 heteroatoms. The van der Waals surface area contributed by atoms with Crippen LogP contribution in [-0.2, 0) is 10.1 Å². The van der Waals surface area contributed by atoms with Crippen LogP contribution in [0.3, 0.4) is 0 Å². The van der Waals surface area contributed by atoms with Crippen LogP contribution in [0.5, 0.6) is 0 Å². The van der Waals surface area contributed by atoms with Gasteiger partial charge in [-0.1, -0.05) is 110 Å². The van der Waals surface area contributed by atoms with Gasteiger partial charge in [0, 0.05) is 0 Å². The van der Waals surface area contributed by atoms with Gasteiger partial charge in [0.15, 0.2) is 0 Å². The van der Waals surface area contributed by atoms with Gasteiger partial charge in [0.1, 0.15) is 0 Å². The summed E-state index contributed by atoms with van der Waals surface area (Å²) >= 11 is 0. The lowest BCUT2D eigenvalue weighted by molar-refractivity contribution is 0.147. The van der Waals surface area contributed by atoms with Crippen LogP contribution in [0, 0.1) is 0 Å². The van der Waals surface area contributed by atoms with E-state index in [4.69, 9.17) is 4.55 Å². The van der Waals surface area contributed by atoms with E-state index in [2.05, 4.69) is 6.92 Å². The van der Waals surface area contributed by atoms with Crippen molar-refractivity contribution in [3.05, 3.63) is 0 Å². The first-order valence-electron chi connectivity index (χ1n) is 12.0. The predicted molar refractivity (Wildman–Crippen MR) is 120 cm³/mol. The highest BCUT2D eigenvalue weighted by Gasteiger charge is 2.16. The van der Waals surface area contributed by atoms with Crippen LogP contribution in [0.25, 0.3) is 0 Å². The molecular weight excluding hydrogens is 372 g/mol. The summed E-state index contributed by atoms with van der Waals surface area (Å²) < 4.78 is 30.8. The molecular formula is C23H48O4S. The second-order valence-electron chi connectivity index (χ2n) is 8.65. The molecule has 0 amide bonds. The Kier molecular flexibility index (Phi) is 18.8. The molecule has 0 saturated heterocycles. The van der Waals surface area contributed by atoms with Crippen LogP contribution in [0.4, 0.5) is 0 Å². The lowest BCUT2D eigenvalue weighted by Crippen LogP contribution is -2.16. The quantitative estimate of drug-likeness (QED) is 0.154. The summed E-state index contributed by atoms with van der Waals surface area (Å²) in [6, 6.07) is 0. The smallest absolute Gasteiger partial charge is 0.267 e. The summed E-state index contributed by atoms with van der Waals surface area (Å²) in [5.41, 5.74) is 0. The first kappa shape index (κ1) is 27.9. The number of hydrogen-bond acceptors (Lipinski definition) is 3. The van der Waals surface area contributed by atoms with Crippen molar-refractivity contribution in [2.75, 3.05) is 0 Å². The molecule has 170 valence electrons. The van der Waals surface area contributed by atoms with Crippen LogP contribution in [-0.4, -0.2) is 29.4 Å². The molecule has 0 heterocycles. The lowest BCUT2D eigenvalue weighted by atomic mass is 10.0. The van der Waals surface area contributed by atoms with E-state index >= 15 is 0 Å². The maximum absolute atomic E-state index is 10.9. The summed E-state index contributed by atoms with van der Waals surface area (Å²) in [4.78, 5) is 0. The maximum Gasteiger partial charge on any atom is 0.267 e. The van der Waals surface area contributed by atoms with Crippen molar-refractivity contribution in [2.45, 2.75) is 147 Å². The van der Waals surface area contributed by atoms with Gasteiger partial charge in [-0.3, -0.25) is 4.55 Å². The van der Waals surface area contributed by atoms with Crippen molar-refractivity contribution in [1.82, 2.24) is 0 Å². The van der Waals surface area contributed by atoms with E-state index in [1.54, 1.807) is 6.92 Å². The molecule has 0 aliphatic rings. The Balaban J connectivity index is 3.28. The summed E-state index contributed by atoms with van der Waals surface area (Å²) in [6.45, 7) is 3.81. The fourth-order valence-electron chi connectivity index (χ4n) is 3.68. The molecule has 28 heavy (non-hydrogen) atoms. The molecule has 2 atom stereocenters. The fourth-order valence-corrected chi connectivity index (χ4v) is 4.14. The molecule has 0 aliphatic heterocycles. The molecule has 4 nitrogen and oxygen atoms in total. The van der Waals surface area contributed by atoms with E-state index in [1.165, 1.54) is 70.6 Å². The molecule has 2 unspecified atom stereocenters. The van der Waals surface area contributed by atoms with Crippen LogP contribution < -0.4 is 0 Å². The SMILES string of the molecule is CCCCCCCCCCCCCCC(O)CCCCCCC(C)S(=O)(=O)O. The molecule has 2 N–H and O–H groups in total. The minimum atomic E-state index is -3.88. The zero-order valence-electron chi connectivity index (χ0n) is 18.7. The van der Waals surface area contributed by atoms with E-state index in [9.17, 15) is 13.5 Å². The Morgan fingerprint density at radius 3 is 1.29 bits per heavy atom. The minimum absolute atomic E-state index is 0.181. The molecule has 0 aromatic heterocycles. The molecule has 0 aromatic rings. The van der Waals surface area contributed by atoms with Crippen molar-refractivity contribution >= 4 is 10.1 Å². The zero-order chi connectivity index (χ0) is 21.1. The molecule has 0 bridgehead atoms. The van der Waals surface area contributed by atoms with Crippen molar-refractivity contribution in [3.8, 4) is 0 Å². The lowest BCUT2D eigenvalue weighted by Gasteiger charge is -2.11. The molecule has 0 aliphatic carbocycles. The number of unbranched alkanes of at least 4 members (excludes halogenated alkanes) is 14. The molecule has 0 fully saturated rings. The van der Waals surface area contributed by atoms with E-state index in [1.807, 2.05) is 0 Å². The number of aliphatic hydroxyl groups is 1. The Hall–Kier alpha value is -0.130. The van der Waals surface area contributed by atoms with Crippen molar-refractivity contribution < 1.29 is 18.1 Å². The van der Waals surface area contributed by atoms with Gasteiger partial charge >= 0.3 is 0 Å². The van der Waals surface area contributed by atoms with Crippen LogP contribution >= 0.6 is 0 Å². The van der Waals surface area contributed by atoms with Crippen LogP contribution in [0.1, 0.15) is 136 Å². The largest absolute Gasteiger partial charge is 0.393 e. The van der Waals surface area contributed by atoms with Crippen molar-refractivity contribution in [3.63, 3.8) is 0 Å². The Bertz CT molecular complexity index is 422. The molecule has 0 radical (unpaired) electrons. The third kappa shape index (κ3) is 19.2.